The highest BCUT2D eigenvalue weighted by molar-refractivity contribution is 5.97. The summed E-state index contributed by atoms with van der Waals surface area (Å²) < 4.78 is 0. The van der Waals surface area contributed by atoms with Crippen LogP contribution in [0.15, 0.2) is 59.6 Å². The number of carbonyl (C=O) groups excluding carboxylic acids is 9. The Bertz CT molecular complexity index is 1960. The maximum absolute atomic E-state index is 13.9. The van der Waals surface area contributed by atoms with Crippen molar-refractivity contribution in [3.63, 3.8) is 0 Å². The standard InChI is InChI=1S/C41H61N13O10/c1-22(2)16-28(35(44)59)50-33(57)20-48-37(61)29(17-24-8-5-4-6-9-24)51-34(58)21-49-38(62)30(18-25-11-13-26(55)14-12-25)54-39(63)27(10-7-15-47-41(45)46)52-40(64)31(19-32(43)56)53-36(60)23(3)42/h4-6,8-9,11-14,22-23,27-31,55H,7,10,15-21,42H2,1-3H3,(H2,43,56)(H2,44,59)(H,48,61)(H,49,62)(H,50,57)(H,51,58)(H,52,64)(H,53,60)(H,54,63)(H4,45,46,47)/t23-,27-,28-,29-,30-,31-/m0/s1. The molecule has 0 spiro atoms. The summed E-state index contributed by atoms with van der Waals surface area (Å²) in [4.78, 5) is 120. The van der Waals surface area contributed by atoms with E-state index in [0.717, 1.165) is 0 Å². The number of rotatable bonds is 27. The first-order chi connectivity index (χ1) is 30.1. The molecule has 23 nitrogen and oxygen atoms in total. The molecule has 0 aromatic heterocycles. The van der Waals surface area contributed by atoms with Crippen LogP contribution in [0, 0.1) is 5.92 Å². The van der Waals surface area contributed by atoms with Gasteiger partial charge in [-0.15, -0.1) is 0 Å². The third-order valence-electron chi connectivity index (χ3n) is 9.21. The van der Waals surface area contributed by atoms with Gasteiger partial charge < -0.3 is 71.0 Å². The number of hydrogen-bond donors (Lipinski definition) is 13. The Morgan fingerprint density at radius 1 is 0.594 bits per heavy atom. The van der Waals surface area contributed by atoms with Gasteiger partial charge in [-0.25, -0.2) is 0 Å². The SMILES string of the molecule is CC(C)C[C@H](NC(=O)CNC(=O)[C@H](Cc1ccccc1)NC(=O)CNC(=O)[C@H](Cc1ccc(O)cc1)NC(=O)[C@H](CCCN=C(N)N)NC(=O)[C@H](CC(N)=O)NC(=O)[C@H](C)N)C(N)=O. The molecule has 18 N–H and O–H groups in total. The minimum Gasteiger partial charge on any atom is -0.508 e. The molecule has 0 aliphatic carbocycles. The van der Waals surface area contributed by atoms with E-state index < -0.39 is 109 Å². The van der Waals surface area contributed by atoms with Gasteiger partial charge >= 0.3 is 0 Å². The van der Waals surface area contributed by atoms with Crippen molar-refractivity contribution in [1.82, 2.24) is 37.2 Å². The number of phenols is 1. The fraction of sp³-hybridized carbons (Fsp3) is 0.463. The summed E-state index contributed by atoms with van der Waals surface area (Å²) in [6, 6.07) is 6.71. The summed E-state index contributed by atoms with van der Waals surface area (Å²) in [6.07, 6.45) is -0.537. The van der Waals surface area contributed by atoms with Crippen molar-refractivity contribution in [2.45, 2.75) is 95.5 Å². The van der Waals surface area contributed by atoms with Crippen LogP contribution in [-0.2, 0) is 56.0 Å². The lowest BCUT2D eigenvalue weighted by Gasteiger charge is -2.25. The van der Waals surface area contributed by atoms with Gasteiger partial charge in [-0.05, 0) is 55.4 Å². The summed E-state index contributed by atoms with van der Waals surface area (Å²) in [5, 5.41) is 27.1. The number of nitrogens with zero attached hydrogens (tertiary/aromatic N) is 1. The molecule has 0 saturated carbocycles. The van der Waals surface area contributed by atoms with Crippen LogP contribution in [-0.4, -0.2) is 120 Å². The van der Waals surface area contributed by atoms with Gasteiger partial charge in [0, 0.05) is 19.4 Å². The molecule has 64 heavy (non-hydrogen) atoms. The lowest BCUT2D eigenvalue weighted by atomic mass is 10.0. The molecule has 2 aromatic carbocycles. The van der Waals surface area contributed by atoms with E-state index in [4.69, 9.17) is 28.7 Å². The van der Waals surface area contributed by atoms with Gasteiger partial charge in [-0.3, -0.25) is 48.1 Å². The second-order valence-electron chi connectivity index (χ2n) is 15.4. The fourth-order valence-corrected chi connectivity index (χ4v) is 5.96. The van der Waals surface area contributed by atoms with Crippen LogP contribution in [0.2, 0.25) is 0 Å². The van der Waals surface area contributed by atoms with Gasteiger partial charge in [0.15, 0.2) is 5.96 Å². The van der Waals surface area contributed by atoms with Crippen molar-refractivity contribution in [2.75, 3.05) is 19.6 Å². The second kappa shape index (κ2) is 26.9. The zero-order valence-electron chi connectivity index (χ0n) is 36.1. The lowest BCUT2D eigenvalue weighted by Crippen LogP contribution is -2.58. The number of guanidine groups is 1. The maximum atomic E-state index is 13.9. The minimum absolute atomic E-state index is 0.0176. The fourth-order valence-electron chi connectivity index (χ4n) is 5.96. The minimum atomic E-state index is -1.52. The Labute approximate surface area is 370 Å². The zero-order valence-corrected chi connectivity index (χ0v) is 36.1. The molecule has 350 valence electrons. The van der Waals surface area contributed by atoms with E-state index >= 15 is 0 Å². The smallest absolute Gasteiger partial charge is 0.243 e. The van der Waals surface area contributed by atoms with E-state index in [-0.39, 0.29) is 56.3 Å². The van der Waals surface area contributed by atoms with E-state index in [2.05, 4.69) is 42.2 Å². The van der Waals surface area contributed by atoms with Crippen molar-refractivity contribution in [3.05, 3.63) is 65.7 Å². The predicted molar refractivity (Wildman–Crippen MR) is 234 cm³/mol. The van der Waals surface area contributed by atoms with Gasteiger partial charge in [-0.1, -0.05) is 56.3 Å². The Morgan fingerprint density at radius 3 is 1.58 bits per heavy atom. The first kappa shape index (κ1) is 52.8. The van der Waals surface area contributed by atoms with Gasteiger partial charge in [0.1, 0.15) is 36.0 Å². The van der Waals surface area contributed by atoms with E-state index in [9.17, 15) is 48.3 Å². The van der Waals surface area contributed by atoms with Crippen molar-refractivity contribution in [3.8, 4) is 5.75 Å². The molecule has 0 aliphatic rings. The molecule has 0 bridgehead atoms. The van der Waals surface area contributed by atoms with Gasteiger partial charge in [0.25, 0.3) is 0 Å². The molecular formula is C41H61N13O10. The Balaban J connectivity index is 2.31. The molecule has 6 atom stereocenters. The van der Waals surface area contributed by atoms with Gasteiger partial charge in [-0.2, -0.15) is 0 Å². The molecular weight excluding hydrogens is 835 g/mol. The summed E-state index contributed by atoms with van der Waals surface area (Å²) >= 11 is 0. The number of aromatic hydroxyl groups is 1. The Kier molecular flexibility index (Phi) is 22.2. The Morgan fingerprint density at radius 2 is 1.08 bits per heavy atom. The highest BCUT2D eigenvalue weighted by Crippen LogP contribution is 2.13. The summed E-state index contributed by atoms with van der Waals surface area (Å²) in [5.41, 5.74) is 28.3. The molecule has 9 amide bonds. The number of aliphatic imine (C=N–C) groups is 1. The summed E-state index contributed by atoms with van der Waals surface area (Å²) in [7, 11) is 0. The molecule has 0 heterocycles. The number of carbonyl (C=O) groups is 9. The van der Waals surface area contributed by atoms with Crippen LogP contribution < -0.4 is 65.9 Å². The second-order valence-corrected chi connectivity index (χ2v) is 15.4. The highest BCUT2D eigenvalue weighted by Gasteiger charge is 2.32. The number of benzene rings is 2. The number of primary amides is 2. The van der Waals surface area contributed by atoms with E-state index in [1.165, 1.54) is 31.2 Å². The van der Waals surface area contributed by atoms with Crippen LogP contribution in [0.1, 0.15) is 57.6 Å². The van der Waals surface area contributed by atoms with Crippen LogP contribution in [0.4, 0.5) is 0 Å². The number of amides is 9. The molecule has 0 unspecified atom stereocenters. The van der Waals surface area contributed by atoms with Crippen LogP contribution in [0.25, 0.3) is 0 Å². The highest BCUT2D eigenvalue weighted by atomic mass is 16.3. The van der Waals surface area contributed by atoms with Crippen LogP contribution in [0.5, 0.6) is 5.75 Å². The van der Waals surface area contributed by atoms with Crippen molar-refractivity contribution < 1.29 is 48.3 Å². The molecule has 2 aromatic rings. The number of phenolic OH excluding ortho intramolecular Hbond substituents is 1. The first-order valence-corrected chi connectivity index (χ1v) is 20.4. The normalized spacial score (nSPS) is 13.6. The number of hydrogen-bond acceptors (Lipinski definition) is 12. The third kappa shape index (κ3) is 20.5. The monoisotopic (exact) mass is 895 g/mol. The maximum Gasteiger partial charge on any atom is 0.243 e. The number of nitrogens with one attached hydrogen (secondary N) is 7. The van der Waals surface area contributed by atoms with E-state index in [1.807, 2.05) is 13.8 Å². The zero-order chi connectivity index (χ0) is 47.9. The lowest BCUT2D eigenvalue weighted by molar-refractivity contribution is -0.135. The van der Waals surface area contributed by atoms with Crippen molar-refractivity contribution in [1.29, 1.82) is 0 Å². The number of nitrogens with two attached hydrogens (primary N) is 5. The predicted octanol–water partition coefficient (Wildman–Crippen LogP) is -4.36. The third-order valence-corrected chi connectivity index (χ3v) is 9.21. The quantitative estimate of drug-likeness (QED) is 0.0229. The molecule has 0 saturated heterocycles. The average Bonchev–Trinajstić information content (AvgIpc) is 3.22. The van der Waals surface area contributed by atoms with Crippen molar-refractivity contribution in [2.24, 2.45) is 39.6 Å². The largest absolute Gasteiger partial charge is 0.508 e. The summed E-state index contributed by atoms with van der Waals surface area (Å²) in [5.74, 6) is -7.74. The molecule has 2 rings (SSSR count). The molecule has 0 radical (unpaired) electrons. The van der Waals surface area contributed by atoms with Crippen LogP contribution >= 0.6 is 0 Å². The van der Waals surface area contributed by atoms with Crippen LogP contribution in [0.3, 0.4) is 0 Å². The van der Waals surface area contributed by atoms with Crippen molar-refractivity contribution >= 4 is 59.1 Å². The molecule has 0 aliphatic heterocycles. The molecule has 0 fully saturated rings. The van der Waals surface area contributed by atoms with Gasteiger partial charge in [0.05, 0.1) is 25.6 Å². The first-order valence-electron chi connectivity index (χ1n) is 20.4. The van der Waals surface area contributed by atoms with E-state index in [1.54, 1.807) is 30.3 Å². The summed E-state index contributed by atoms with van der Waals surface area (Å²) in [6.45, 7) is 3.83. The molecule has 23 heteroatoms. The van der Waals surface area contributed by atoms with E-state index in [0.29, 0.717) is 11.1 Å². The topological polar surface area (TPSA) is 401 Å². The Hall–Kier alpha value is -7.30. The average molecular weight is 896 g/mol. The van der Waals surface area contributed by atoms with Gasteiger partial charge in [0.2, 0.25) is 53.2 Å².